The Kier molecular flexibility index (Phi) is 4.99. The topological polar surface area (TPSA) is 41.3 Å². The first-order chi connectivity index (χ1) is 11.1. The van der Waals surface area contributed by atoms with Gasteiger partial charge in [0.2, 0.25) is 0 Å². The van der Waals surface area contributed by atoms with Crippen molar-refractivity contribution >= 4 is 28.9 Å². The minimum absolute atomic E-state index is 0.358. The molecule has 1 aliphatic heterocycles. The van der Waals surface area contributed by atoms with Gasteiger partial charge in [0, 0.05) is 41.3 Å². The first-order valence-electron chi connectivity index (χ1n) is 7.56. The van der Waals surface area contributed by atoms with Crippen LogP contribution < -0.4 is 16.0 Å². The lowest BCUT2D eigenvalue weighted by Crippen LogP contribution is -2.30. The predicted octanol–water partition coefficient (Wildman–Crippen LogP) is 4.02. The molecule has 0 fully saturated rings. The summed E-state index contributed by atoms with van der Waals surface area (Å²) in [5.41, 5.74) is 8.09. The van der Waals surface area contributed by atoms with E-state index in [4.69, 9.17) is 28.9 Å². The quantitative estimate of drug-likeness (QED) is 0.858. The Labute approximate surface area is 146 Å². The predicted molar refractivity (Wildman–Crippen MR) is 97.7 cm³/mol. The van der Waals surface area contributed by atoms with Crippen molar-refractivity contribution in [2.24, 2.45) is 11.7 Å². The Bertz CT molecular complexity index is 680. The van der Waals surface area contributed by atoms with Crippen LogP contribution in [0.1, 0.15) is 5.56 Å². The molecule has 0 aliphatic carbocycles. The van der Waals surface area contributed by atoms with E-state index in [2.05, 4.69) is 28.4 Å². The molecule has 0 bridgehead atoms. The fraction of sp³-hybridized carbons (Fsp3) is 0.222. The zero-order chi connectivity index (χ0) is 16.2. The van der Waals surface area contributed by atoms with Gasteiger partial charge in [-0.1, -0.05) is 53.5 Å². The highest BCUT2D eigenvalue weighted by Gasteiger charge is 2.18. The van der Waals surface area contributed by atoms with Crippen LogP contribution in [0, 0.1) is 5.92 Å². The number of anilines is 1. The van der Waals surface area contributed by atoms with E-state index >= 15 is 0 Å². The second-order valence-corrected chi connectivity index (χ2v) is 6.63. The number of nitrogens with zero attached hydrogens (tertiary/aromatic N) is 1. The summed E-state index contributed by atoms with van der Waals surface area (Å²) in [7, 11) is 0. The maximum Gasteiger partial charge on any atom is 0.0923 e. The van der Waals surface area contributed by atoms with Gasteiger partial charge in [-0.05, 0) is 29.8 Å². The maximum absolute atomic E-state index is 6.18. The Morgan fingerprint density at radius 1 is 1.09 bits per heavy atom. The highest BCUT2D eigenvalue weighted by atomic mass is 35.5. The van der Waals surface area contributed by atoms with Gasteiger partial charge in [0.05, 0.1) is 5.82 Å². The van der Waals surface area contributed by atoms with Crippen LogP contribution in [0.4, 0.5) is 5.69 Å². The van der Waals surface area contributed by atoms with E-state index in [1.165, 1.54) is 5.56 Å². The molecule has 0 spiro atoms. The van der Waals surface area contributed by atoms with Crippen LogP contribution in [0.3, 0.4) is 0 Å². The van der Waals surface area contributed by atoms with Crippen molar-refractivity contribution in [3.63, 3.8) is 0 Å². The van der Waals surface area contributed by atoms with Crippen LogP contribution in [0.15, 0.2) is 60.4 Å². The van der Waals surface area contributed by atoms with Gasteiger partial charge in [0.1, 0.15) is 0 Å². The van der Waals surface area contributed by atoms with E-state index in [0.717, 1.165) is 31.1 Å². The minimum atomic E-state index is 0.358. The number of nitrogens with two attached hydrogens (primary N) is 1. The average molecular weight is 348 g/mol. The number of rotatable bonds is 5. The van der Waals surface area contributed by atoms with Gasteiger partial charge < -0.3 is 16.0 Å². The SMILES string of the molecule is NC1=C[C@H](CN(Cc2ccccc2)c2cc(Cl)cc(Cl)c2)CN1. The third-order valence-electron chi connectivity index (χ3n) is 3.87. The zero-order valence-corrected chi connectivity index (χ0v) is 14.2. The Balaban J connectivity index is 1.86. The highest BCUT2D eigenvalue weighted by molar-refractivity contribution is 6.35. The van der Waals surface area contributed by atoms with Crippen LogP contribution >= 0.6 is 23.2 Å². The highest BCUT2D eigenvalue weighted by Crippen LogP contribution is 2.28. The number of hydrogen-bond acceptors (Lipinski definition) is 3. The van der Waals surface area contributed by atoms with Gasteiger partial charge in [-0.15, -0.1) is 0 Å². The molecule has 1 atom stereocenters. The Hall–Kier alpha value is -1.84. The van der Waals surface area contributed by atoms with Crippen LogP contribution in [-0.2, 0) is 6.54 Å². The van der Waals surface area contributed by atoms with Crippen molar-refractivity contribution in [2.75, 3.05) is 18.0 Å². The number of benzene rings is 2. The fourth-order valence-electron chi connectivity index (χ4n) is 2.81. The molecule has 0 aromatic heterocycles. The van der Waals surface area contributed by atoms with E-state index in [1.54, 1.807) is 6.07 Å². The molecule has 0 saturated heterocycles. The molecule has 0 saturated carbocycles. The molecule has 3 rings (SSSR count). The fourth-order valence-corrected chi connectivity index (χ4v) is 3.32. The lowest BCUT2D eigenvalue weighted by molar-refractivity contribution is 0.615. The van der Waals surface area contributed by atoms with Crippen molar-refractivity contribution in [3.05, 3.63) is 76.0 Å². The molecule has 1 heterocycles. The lowest BCUT2D eigenvalue weighted by Gasteiger charge is -2.27. The molecule has 23 heavy (non-hydrogen) atoms. The lowest BCUT2D eigenvalue weighted by atomic mass is 10.1. The standard InChI is InChI=1S/C18H19Cl2N3/c19-15-7-16(20)9-17(8-15)23(11-13-4-2-1-3-5-13)12-14-6-18(21)22-10-14/h1-9,14,22H,10-12,21H2/t14-/m0/s1. The van der Waals surface area contributed by atoms with E-state index in [-0.39, 0.29) is 0 Å². The van der Waals surface area contributed by atoms with E-state index in [9.17, 15) is 0 Å². The molecule has 0 amide bonds. The van der Waals surface area contributed by atoms with Crippen molar-refractivity contribution < 1.29 is 0 Å². The van der Waals surface area contributed by atoms with Crippen molar-refractivity contribution in [1.29, 1.82) is 0 Å². The maximum atomic E-state index is 6.18. The minimum Gasteiger partial charge on any atom is -0.386 e. The Morgan fingerprint density at radius 2 is 1.78 bits per heavy atom. The van der Waals surface area contributed by atoms with E-state index in [0.29, 0.717) is 16.0 Å². The molecule has 1 aliphatic rings. The summed E-state index contributed by atoms with van der Waals surface area (Å²) in [4.78, 5) is 2.29. The molecule has 2 aromatic carbocycles. The third-order valence-corrected chi connectivity index (χ3v) is 4.30. The molecular weight excluding hydrogens is 329 g/mol. The molecule has 0 unspecified atom stereocenters. The van der Waals surface area contributed by atoms with Crippen LogP contribution in [0.5, 0.6) is 0 Å². The summed E-state index contributed by atoms with van der Waals surface area (Å²) >= 11 is 12.4. The number of hydrogen-bond donors (Lipinski definition) is 2. The van der Waals surface area contributed by atoms with Gasteiger partial charge in [0.15, 0.2) is 0 Å². The van der Waals surface area contributed by atoms with Crippen LogP contribution in [-0.4, -0.2) is 13.1 Å². The summed E-state index contributed by atoms with van der Waals surface area (Å²) in [6.45, 7) is 2.49. The van der Waals surface area contributed by atoms with Gasteiger partial charge in [-0.25, -0.2) is 0 Å². The van der Waals surface area contributed by atoms with Gasteiger partial charge in [-0.3, -0.25) is 0 Å². The molecule has 0 radical (unpaired) electrons. The second-order valence-electron chi connectivity index (χ2n) is 5.76. The number of nitrogens with one attached hydrogen (secondary N) is 1. The van der Waals surface area contributed by atoms with Crippen LogP contribution in [0.25, 0.3) is 0 Å². The second kappa shape index (κ2) is 7.16. The van der Waals surface area contributed by atoms with Crippen molar-refractivity contribution in [1.82, 2.24) is 5.32 Å². The van der Waals surface area contributed by atoms with Crippen LogP contribution in [0.2, 0.25) is 10.0 Å². The molecule has 3 N–H and O–H groups in total. The summed E-state index contributed by atoms with van der Waals surface area (Å²) < 4.78 is 0. The van der Waals surface area contributed by atoms with E-state index in [1.807, 2.05) is 30.3 Å². The molecule has 2 aromatic rings. The largest absolute Gasteiger partial charge is 0.386 e. The Morgan fingerprint density at radius 3 is 2.39 bits per heavy atom. The monoisotopic (exact) mass is 347 g/mol. The molecule has 120 valence electrons. The average Bonchev–Trinajstić information content (AvgIpc) is 2.92. The zero-order valence-electron chi connectivity index (χ0n) is 12.7. The molecule has 5 heteroatoms. The first kappa shape index (κ1) is 16.0. The molecule has 3 nitrogen and oxygen atoms in total. The van der Waals surface area contributed by atoms with Crippen molar-refractivity contribution in [2.45, 2.75) is 6.54 Å². The third kappa shape index (κ3) is 4.34. The summed E-state index contributed by atoms with van der Waals surface area (Å²) in [6, 6.07) is 16.0. The summed E-state index contributed by atoms with van der Waals surface area (Å²) in [5, 5.41) is 4.46. The first-order valence-corrected chi connectivity index (χ1v) is 8.32. The summed E-state index contributed by atoms with van der Waals surface area (Å²) in [6.07, 6.45) is 2.07. The van der Waals surface area contributed by atoms with Gasteiger partial charge >= 0.3 is 0 Å². The summed E-state index contributed by atoms with van der Waals surface area (Å²) in [5.74, 6) is 1.11. The van der Waals surface area contributed by atoms with E-state index < -0.39 is 0 Å². The smallest absolute Gasteiger partial charge is 0.0923 e. The number of halogens is 2. The van der Waals surface area contributed by atoms with Crippen molar-refractivity contribution in [3.8, 4) is 0 Å². The normalized spacial score (nSPS) is 16.8. The van der Waals surface area contributed by atoms with Gasteiger partial charge in [0.25, 0.3) is 0 Å². The molecular formula is C18H19Cl2N3. The van der Waals surface area contributed by atoms with Gasteiger partial charge in [-0.2, -0.15) is 0 Å².